The highest BCUT2D eigenvalue weighted by Crippen LogP contribution is 2.37. The van der Waals surface area contributed by atoms with Crippen LogP contribution in [0.2, 0.25) is 0 Å². The lowest BCUT2D eigenvalue weighted by molar-refractivity contribution is 0.0964. The van der Waals surface area contributed by atoms with Gasteiger partial charge in [0, 0.05) is 43.7 Å². The number of sulfonamides is 1. The molecule has 0 atom stereocenters. The van der Waals surface area contributed by atoms with Crippen molar-refractivity contribution >= 4 is 44.2 Å². The standard InChI is InChI=1S/C25H35N5O5S2/c1-5-13-30(14-6-2)37(34,35)18-10-8-17(9-11-18)22(31)27-24-21(23(32)28-25(33)26-4)19-12-15-29(7-3)16-20(19)36-24/h8-11H,5-7,12-16H2,1-4H3,(H,27,31)(H2,26,28,32,33). The summed E-state index contributed by atoms with van der Waals surface area (Å²) in [6, 6.07) is 5.16. The van der Waals surface area contributed by atoms with Crippen LogP contribution < -0.4 is 16.0 Å². The fourth-order valence-electron chi connectivity index (χ4n) is 4.24. The van der Waals surface area contributed by atoms with Gasteiger partial charge >= 0.3 is 6.03 Å². The highest BCUT2D eigenvalue weighted by Gasteiger charge is 2.29. The van der Waals surface area contributed by atoms with E-state index in [1.807, 2.05) is 13.8 Å². The zero-order valence-electron chi connectivity index (χ0n) is 21.7. The van der Waals surface area contributed by atoms with Gasteiger partial charge in [-0.15, -0.1) is 11.3 Å². The molecule has 12 heteroatoms. The van der Waals surface area contributed by atoms with E-state index in [0.29, 0.717) is 49.5 Å². The van der Waals surface area contributed by atoms with Crippen molar-refractivity contribution in [3.63, 3.8) is 0 Å². The summed E-state index contributed by atoms with van der Waals surface area (Å²) in [5, 5.41) is 7.85. The van der Waals surface area contributed by atoms with E-state index in [-0.39, 0.29) is 10.5 Å². The normalized spacial score (nSPS) is 13.8. The van der Waals surface area contributed by atoms with Gasteiger partial charge in [0.05, 0.1) is 10.5 Å². The third-order valence-electron chi connectivity index (χ3n) is 6.19. The van der Waals surface area contributed by atoms with Crippen molar-refractivity contribution in [2.24, 2.45) is 0 Å². The van der Waals surface area contributed by atoms with E-state index in [9.17, 15) is 22.8 Å². The molecule has 0 unspecified atom stereocenters. The lowest BCUT2D eigenvalue weighted by atomic mass is 10.0. The molecule has 0 saturated heterocycles. The van der Waals surface area contributed by atoms with Crippen LogP contribution in [0.3, 0.4) is 0 Å². The number of hydrogen-bond acceptors (Lipinski definition) is 7. The maximum absolute atomic E-state index is 13.1. The monoisotopic (exact) mass is 549 g/mol. The fraction of sp³-hybridized carbons (Fsp3) is 0.480. The van der Waals surface area contributed by atoms with Gasteiger partial charge in [0.2, 0.25) is 10.0 Å². The first kappa shape index (κ1) is 28.8. The van der Waals surface area contributed by atoms with Gasteiger partial charge < -0.3 is 10.6 Å². The lowest BCUT2D eigenvalue weighted by Crippen LogP contribution is -2.38. The highest BCUT2D eigenvalue weighted by atomic mass is 32.2. The van der Waals surface area contributed by atoms with Crippen LogP contribution in [0.25, 0.3) is 0 Å². The molecule has 3 rings (SSSR count). The number of anilines is 1. The number of hydrogen-bond donors (Lipinski definition) is 3. The van der Waals surface area contributed by atoms with Gasteiger partial charge in [-0.05, 0) is 55.6 Å². The van der Waals surface area contributed by atoms with Gasteiger partial charge in [-0.25, -0.2) is 13.2 Å². The number of amides is 4. The van der Waals surface area contributed by atoms with E-state index in [1.165, 1.54) is 47.0 Å². The summed E-state index contributed by atoms with van der Waals surface area (Å²) in [5.41, 5.74) is 1.39. The third-order valence-corrected chi connectivity index (χ3v) is 9.24. The Morgan fingerprint density at radius 3 is 2.24 bits per heavy atom. The number of urea groups is 1. The van der Waals surface area contributed by atoms with Crippen LogP contribution >= 0.6 is 11.3 Å². The number of nitrogens with zero attached hydrogens (tertiary/aromatic N) is 2. The Morgan fingerprint density at radius 2 is 1.68 bits per heavy atom. The van der Waals surface area contributed by atoms with Crippen molar-refractivity contribution in [3.05, 3.63) is 45.8 Å². The average Bonchev–Trinajstić information content (AvgIpc) is 3.25. The number of carbonyl (C=O) groups is 3. The van der Waals surface area contributed by atoms with Crippen molar-refractivity contribution in [1.82, 2.24) is 19.8 Å². The fourth-order valence-corrected chi connectivity index (χ4v) is 7.14. The summed E-state index contributed by atoms with van der Waals surface area (Å²) in [6.07, 6.45) is 2.04. The Hall–Kier alpha value is -2.80. The number of fused-ring (bicyclic) bond motifs is 1. The van der Waals surface area contributed by atoms with E-state index in [0.717, 1.165) is 23.5 Å². The Kier molecular flexibility index (Phi) is 9.82. The van der Waals surface area contributed by atoms with Crippen molar-refractivity contribution in [3.8, 4) is 0 Å². The molecule has 0 bridgehead atoms. The van der Waals surface area contributed by atoms with Crippen molar-refractivity contribution in [2.75, 3.05) is 38.5 Å². The predicted molar refractivity (Wildman–Crippen MR) is 145 cm³/mol. The third kappa shape index (κ3) is 6.56. The molecule has 37 heavy (non-hydrogen) atoms. The Morgan fingerprint density at radius 1 is 1.03 bits per heavy atom. The second kappa shape index (κ2) is 12.6. The molecule has 1 aliphatic heterocycles. The molecule has 1 aromatic carbocycles. The number of nitrogens with one attached hydrogen (secondary N) is 3. The summed E-state index contributed by atoms with van der Waals surface area (Å²) in [7, 11) is -2.24. The second-order valence-electron chi connectivity index (χ2n) is 8.74. The maximum Gasteiger partial charge on any atom is 0.321 e. The molecule has 4 amide bonds. The summed E-state index contributed by atoms with van der Waals surface area (Å²) in [6.45, 7) is 9.07. The van der Waals surface area contributed by atoms with Gasteiger partial charge in [-0.3, -0.25) is 19.8 Å². The van der Waals surface area contributed by atoms with Crippen molar-refractivity contribution in [1.29, 1.82) is 0 Å². The Balaban J connectivity index is 1.87. The lowest BCUT2D eigenvalue weighted by Gasteiger charge is -2.25. The molecule has 0 fully saturated rings. The zero-order chi connectivity index (χ0) is 27.2. The number of thiophene rings is 1. The summed E-state index contributed by atoms with van der Waals surface area (Å²) in [4.78, 5) is 41.2. The predicted octanol–water partition coefficient (Wildman–Crippen LogP) is 3.26. The summed E-state index contributed by atoms with van der Waals surface area (Å²) in [5.74, 6) is -1.05. The van der Waals surface area contributed by atoms with Crippen LogP contribution in [0.1, 0.15) is 64.8 Å². The van der Waals surface area contributed by atoms with E-state index >= 15 is 0 Å². The number of benzene rings is 1. The van der Waals surface area contributed by atoms with Gasteiger partial charge in [0.25, 0.3) is 11.8 Å². The molecule has 0 saturated carbocycles. The zero-order valence-corrected chi connectivity index (χ0v) is 23.4. The molecule has 3 N–H and O–H groups in total. The van der Waals surface area contributed by atoms with Crippen molar-refractivity contribution in [2.45, 2.75) is 51.5 Å². The van der Waals surface area contributed by atoms with Crippen LogP contribution in [0.4, 0.5) is 9.80 Å². The molecule has 1 aliphatic rings. The van der Waals surface area contributed by atoms with Crippen LogP contribution in [-0.4, -0.2) is 68.7 Å². The molecule has 0 radical (unpaired) electrons. The van der Waals surface area contributed by atoms with E-state index in [1.54, 1.807) is 0 Å². The van der Waals surface area contributed by atoms with Crippen molar-refractivity contribution < 1.29 is 22.8 Å². The highest BCUT2D eigenvalue weighted by molar-refractivity contribution is 7.89. The second-order valence-corrected chi connectivity index (χ2v) is 11.8. The number of carbonyl (C=O) groups excluding carboxylic acids is 3. The molecule has 1 aromatic heterocycles. The minimum Gasteiger partial charge on any atom is -0.341 e. The van der Waals surface area contributed by atoms with E-state index in [4.69, 9.17) is 0 Å². The Labute approximate surface area is 222 Å². The average molecular weight is 550 g/mol. The van der Waals surface area contributed by atoms with Crippen LogP contribution in [-0.2, 0) is 23.0 Å². The van der Waals surface area contributed by atoms with Gasteiger partial charge in [-0.1, -0.05) is 20.8 Å². The van der Waals surface area contributed by atoms with Crippen LogP contribution in [0, 0.1) is 0 Å². The number of rotatable bonds is 10. The molecule has 0 spiro atoms. The minimum absolute atomic E-state index is 0.128. The molecule has 2 aromatic rings. The first-order chi connectivity index (χ1) is 17.7. The van der Waals surface area contributed by atoms with E-state index in [2.05, 4.69) is 27.8 Å². The maximum atomic E-state index is 13.1. The largest absolute Gasteiger partial charge is 0.341 e. The molecular weight excluding hydrogens is 514 g/mol. The molecule has 202 valence electrons. The van der Waals surface area contributed by atoms with Crippen LogP contribution in [0.15, 0.2) is 29.2 Å². The van der Waals surface area contributed by atoms with Gasteiger partial charge in [-0.2, -0.15) is 4.31 Å². The minimum atomic E-state index is -3.66. The smallest absolute Gasteiger partial charge is 0.321 e. The molecular formula is C25H35N5O5S2. The summed E-state index contributed by atoms with van der Waals surface area (Å²) < 4.78 is 27.5. The molecule has 2 heterocycles. The summed E-state index contributed by atoms with van der Waals surface area (Å²) >= 11 is 1.32. The molecule has 0 aliphatic carbocycles. The van der Waals surface area contributed by atoms with E-state index < -0.39 is 27.9 Å². The first-order valence-electron chi connectivity index (χ1n) is 12.5. The number of likely N-dealkylation sites (N-methyl/N-ethyl adjacent to an activating group) is 1. The Bertz CT molecular complexity index is 1230. The van der Waals surface area contributed by atoms with Crippen LogP contribution in [0.5, 0.6) is 0 Å². The van der Waals surface area contributed by atoms with Gasteiger partial charge in [0.1, 0.15) is 5.00 Å². The topological polar surface area (TPSA) is 128 Å². The SMILES string of the molecule is CCCN(CCC)S(=O)(=O)c1ccc(C(=O)Nc2sc3c(c2C(=O)NC(=O)NC)CCN(CC)C3)cc1. The van der Waals surface area contributed by atoms with Gasteiger partial charge in [0.15, 0.2) is 0 Å². The molecule has 10 nitrogen and oxygen atoms in total. The number of imide groups is 1. The quantitative estimate of drug-likeness (QED) is 0.417. The first-order valence-corrected chi connectivity index (χ1v) is 14.7.